The summed E-state index contributed by atoms with van der Waals surface area (Å²) in [6, 6.07) is 0.543. The lowest BCUT2D eigenvalue weighted by atomic mass is 10.1. The Hall–Kier alpha value is 0.360. The number of nitrogens with zero attached hydrogens (tertiary/aromatic N) is 1. The molecule has 2 aliphatic heterocycles. The van der Waals surface area contributed by atoms with E-state index in [-0.39, 0.29) is 37.7 Å². The van der Waals surface area contributed by atoms with Gasteiger partial charge in [0, 0.05) is 38.5 Å². The van der Waals surface area contributed by atoms with Crippen LogP contribution in [0.15, 0.2) is 0 Å². The van der Waals surface area contributed by atoms with Crippen LogP contribution in [0.25, 0.3) is 0 Å². The summed E-state index contributed by atoms with van der Waals surface area (Å²) in [6.07, 6.45) is 2.51. The lowest BCUT2D eigenvalue weighted by Gasteiger charge is -2.33. The van der Waals surface area contributed by atoms with Crippen molar-refractivity contribution in [3.8, 4) is 0 Å². The molecule has 0 radical (unpaired) electrons. The van der Waals surface area contributed by atoms with E-state index < -0.39 is 5.92 Å². The van der Waals surface area contributed by atoms with Crippen LogP contribution >= 0.6 is 24.8 Å². The Morgan fingerprint density at radius 3 is 2.31 bits per heavy atom. The Labute approximate surface area is 108 Å². The smallest absolute Gasteiger partial charge is 0.250 e. The molecule has 1 atom stereocenters. The van der Waals surface area contributed by atoms with Crippen LogP contribution in [-0.2, 0) is 0 Å². The van der Waals surface area contributed by atoms with Gasteiger partial charge < -0.3 is 10.2 Å². The summed E-state index contributed by atoms with van der Waals surface area (Å²) in [6.45, 7) is 3.17. The normalized spacial score (nSPS) is 29.2. The first kappa shape index (κ1) is 16.4. The molecule has 0 aromatic rings. The molecule has 16 heavy (non-hydrogen) atoms. The number of piperidine rings is 1. The Balaban J connectivity index is 0.00000112. The van der Waals surface area contributed by atoms with Crippen LogP contribution in [0.4, 0.5) is 8.78 Å². The molecule has 0 aromatic carbocycles. The van der Waals surface area contributed by atoms with Gasteiger partial charge in [0.25, 0.3) is 5.92 Å². The maximum absolute atomic E-state index is 12.8. The zero-order chi connectivity index (χ0) is 10.0. The average Bonchev–Trinajstić information content (AvgIpc) is 2.61. The summed E-state index contributed by atoms with van der Waals surface area (Å²) >= 11 is 0. The van der Waals surface area contributed by atoms with Crippen molar-refractivity contribution < 1.29 is 8.78 Å². The number of hydrogen-bond donors (Lipinski definition) is 1. The highest BCUT2D eigenvalue weighted by Crippen LogP contribution is 2.27. The topological polar surface area (TPSA) is 15.3 Å². The van der Waals surface area contributed by atoms with Gasteiger partial charge in [-0.1, -0.05) is 0 Å². The number of alkyl halides is 2. The number of hydrogen-bond acceptors (Lipinski definition) is 2. The van der Waals surface area contributed by atoms with E-state index >= 15 is 0 Å². The first-order chi connectivity index (χ1) is 6.66. The molecule has 6 heteroatoms. The molecule has 0 bridgehead atoms. The van der Waals surface area contributed by atoms with Crippen molar-refractivity contribution in [2.45, 2.75) is 37.6 Å². The molecule has 1 N–H and O–H groups in total. The number of halogens is 4. The number of nitrogens with one attached hydrogen (secondary N) is 1. The molecule has 0 spiro atoms. The van der Waals surface area contributed by atoms with Crippen molar-refractivity contribution in [3.63, 3.8) is 0 Å². The maximum Gasteiger partial charge on any atom is 0.250 e. The van der Waals surface area contributed by atoms with Crippen molar-refractivity contribution >= 4 is 24.8 Å². The second-order valence-corrected chi connectivity index (χ2v) is 4.45. The van der Waals surface area contributed by atoms with Crippen LogP contribution in [0.1, 0.15) is 25.7 Å². The highest BCUT2D eigenvalue weighted by Gasteiger charge is 2.34. The molecule has 2 saturated heterocycles. The van der Waals surface area contributed by atoms with Crippen LogP contribution in [0, 0.1) is 0 Å². The zero-order valence-corrected chi connectivity index (χ0v) is 10.9. The SMILES string of the molecule is Cl.Cl.FC1(F)CCN(C[C@@H]2CCCN2)CC1. The van der Waals surface area contributed by atoms with E-state index in [0.29, 0.717) is 19.1 Å². The first-order valence-electron chi connectivity index (χ1n) is 5.49. The molecule has 2 nitrogen and oxygen atoms in total. The van der Waals surface area contributed by atoms with Crippen LogP contribution < -0.4 is 5.32 Å². The van der Waals surface area contributed by atoms with E-state index in [1.165, 1.54) is 12.8 Å². The molecule has 2 heterocycles. The van der Waals surface area contributed by atoms with Crippen LogP contribution in [-0.4, -0.2) is 43.0 Å². The van der Waals surface area contributed by atoms with Crippen LogP contribution in [0.3, 0.4) is 0 Å². The highest BCUT2D eigenvalue weighted by molar-refractivity contribution is 5.85. The molecule has 0 unspecified atom stereocenters. The van der Waals surface area contributed by atoms with E-state index in [9.17, 15) is 8.78 Å². The lowest BCUT2D eigenvalue weighted by molar-refractivity contribution is -0.0560. The summed E-state index contributed by atoms with van der Waals surface area (Å²) < 4.78 is 25.7. The van der Waals surface area contributed by atoms with Gasteiger partial charge in [-0.05, 0) is 19.4 Å². The predicted octanol–water partition coefficient (Wildman–Crippen LogP) is 2.31. The van der Waals surface area contributed by atoms with Crippen molar-refractivity contribution in [1.82, 2.24) is 10.2 Å². The summed E-state index contributed by atoms with van der Waals surface area (Å²) in [5, 5.41) is 3.40. The zero-order valence-electron chi connectivity index (χ0n) is 9.25. The van der Waals surface area contributed by atoms with Crippen molar-refractivity contribution in [2.75, 3.05) is 26.2 Å². The molecule has 0 aliphatic carbocycles. The Morgan fingerprint density at radius 2 is 1.81 bits per heavy atom. The Kier molecular flexibility index (Phi) is 7.10. The van der Waals surface area contributed by atoms with E-state index in [1.807, 2.05) is 0 Å². The predicted molar refractivity (Wildman–Crippen MR) is 66.1 cm³/mol. The molecule has 2 rings (SSSR count). The van der Waals surface area contributed by atoms with E-state index in [4.69, 9.17) is 0 Å². The largest absolute Gasteiger partial charge is 0.313 e. The monoisotopic (exact) mass is 276 g/mol. The van der Waals surface area contributed by atoms with Gasteiger partial charge in [0.15, 0.2) is 0 Å². The second-order valence-electron chi connectivity index (χ2n) is 4.45. The fourth-order valence-electron chi connectivity index (χ4n) is 2.29. The van der Waals surface area contributed by atoms with Crippen LogP contribution in [0.5, 0.6) is 0 Å². The molecule has 0 amide bonds. The van der Waals surface area contributed by atoms with E-state index in [2.05, 4.69) is 10.2 Å². The number of rotatable bonds is 2. The van der Waals surface area contributed by atoms with Crippen molar-refractivity contribution in [2.24, 2.45) is 0 Å². The Morgan fingerprint density at radius 1 is 1.19 bits per heavy atom. The van der Waals surface area contributed by atoms with E-state index in [1.54, 1.807) is 0 Å². The van der Waals surface area contributed by atoms with Crippen molar-refractivity contribution in [3.05, 3.63) is 0 Å². The summed E-state index contributed by atoms with van der Waals surface area (Å²) in [5.74, 6) is -2.40. The molecule has 0 aromatic heterocycles. The van der Waals surface area contributed by atoms with Gasteiger partial charge in [-0.15, -0.1) is 24.8 Å². The van der Waals surface area contributed by atoms with Gasteiger partial charge in [-0.25, -0.2) is 8.78 Å². The third-order valence-corrected chi connectivity index (χ3v) is 3.23. The van der Waals surface area contributed by atoms with Gasteiger partial charge in [-0.3, -0.25) is 0 Å². The minimum absolute atomic E-state index is 0. The van der Waals surface area contributed by atoms with Gasteiger partial charge in [0.05, 0.1) is 0 Å². The quantitative estimate of drug-likeness (QED) is 0.833. The first-order valence-corrected chi connectivity index (χ1v) is 5.49. The fraction of sp³-hybridized carbons (Fsp3) is 1.00. The summed E-state index contributed by atoms with van der Waals surface area (Å²) in [4.78, 5) is 2.17. The maximum atomic E-state index is 12.8. The number of likely N-dealkylation sites (tertiary alicyclic amines) is 1. The van der Waals surface area contributed by atoms with Gasteiger partial charge in [0.1, 0.15) is 0 Å². The second kappa shape index (κ2) is 6.94. The summed E-state index contributed by atoms with van der Waals surface area (Å²) in [7, 11) is 0. The fourth-order valence-corrected chi connectivity index (χ4v) is 2.29. The molecule has 98 valence electrons. The minimum Gasteiger partial charge on any atom is -0.313 e. The van der Waals surface area contributed by atoms with E-state index in [0.717, 1.165) is 13.1 Å². The minimum atomic E-state index is -2.40. The average molecular weight is 277 g/mol. The highest BCUT2D eigenvalue weighted by atomic mass is 35.5. The molecular weight excluding hydrogens is 257 g/mol. The van der Waals surface area contributed by atoms with Gasteiger partial charge >= 0.3 is 0 Å². The Bertz CT molecular complexity index is 189. The molecule has 2 fully saturated rings. The molecule has 2 aliphatic rings. The standard InChI is InChI=1S/C10H18F2N2.2ClH/c11-10(12)3-6-14(7-4-10)8-9-2-1-5-13-9;;/h9,13H,1-8H2;2*1H/t9-;;/m0../s1. The van der Waals surface area contributed by atoms with Crippen molar-refractivity contribution in [1.29, 1.82) is 0 Å². The third kappa shape index (κ3) is 4.70. The lowest BCUT2D eigenvalue weighted by Crippen LogP contribution is -2.44. The molecular formula is C10H20Cl2F2N2. The third-order valence-electron chi connectivity index (χ3n) is 3.23. The van der Waals surface area contributed by atoms with Gasteiger partial charge in [0.2, 0.25) is 0 Å². The molecule has 0 saturated carbocycles. The van der Waals surface area contributed by atoms with Crippen LogP contribution in [0.2, 0.25) is 0 Å². The van der Waals surface area contributed by atoms with Gasteiger partial charge in [-0.2, -0.15) is 0 Å². The summed E-state index contributed by atoms with van der Waals surface area (Å²) in [5.41, 5.74) is 0.